The summed E-state index contributed by atoms with van der Waals surface area (Å²) in [4.78, 5) is 22.4. The molecule has 0 saturated heterocycles. The maximum absolute atomic E-state index is 11.8. The maximum atomic E-state index is 11.8. The van der Waals surface area contributed by atoms with E-state index < -0.39 is 24.0 Å². The molecule has 0 aromatic heterocycles. The van der Waals surface area contributed by atoms with E-state index >= 15 is 0 Å². The Morgan fingerprint density at radius 1 is 1.04 bits per heavy atom. The predicted octanol–water partition coefficient (Wildman–Crippen LogP) is 2.79. The number of rotatable bonds is 4. The Bertz CT molecular complexity index is 822. The van der Waals surface area contributed by atoms with Crippen molar-refractivity contribution in [3.05, 3.63) is 65.2 Å². The molecule has 2 aromatic carbocycles. The minimum atomic E-state index is -1.08. The van der Waals surface area contributed by atoms with E-state index in [0.29, 0.717) is 22.4 Å². The number of carboxylic acids is 2. The molecule has 3 rings (SSSR count). The molecule has 0 radical (unpaired) electrons. The minimum Gasteiger partial charge on any atom is -0.508 e. The summed E-state index contributed by atoms with van der Waals surface area (Å²) in [5.41, 5.74) is 1.71. The highest BCUT2D eigenvalue weighted by molar-refractivity contribution is 5.86. The lowest BCUT2D eigenvalue weighted by Crippen LogP contribution is -2.18. The predicted molar refractivity (Wildman–Crippen MR) is 85.0 cm³/mol. The summed E-state index contributed by atoms with van der Waals surface area (Å²) in [5, 5.41) is 27.7. The second-order valence-corrected chi connectivity index (χ2v) is 5.41. The smallest absolute Gasteiger partial charge is 0.328 e. The van der Waals surface area contributed by atoms with Crippen LogP contribution < -0.4 is 4.74 Å². The Morgan fingerprint density at radius 3 is 2.38 bits per heavy atom. The first-order valence-electron chi connectivity index (χ1n) is 7.19. The van der Waals surface area contributed by atoms with Gasteiger partial charge >= 0.3 is 11.9 Å². The molecule has 122 valence electrons. The maximum Gasteiger partial charge on any atom is 0.328 e. The first-order valence-corrected chi connectivity index (χ1v) is 7.19. The first kappa shape index (κ1) is 15.6. The van der Waals surface area contributed by atoms with Crippen LogP contribution in [0.25, 0.3) is 6.08 Å². The molecule has 1 heterocycles. The summed E-state index contributed by atoms with van der Waals surface area (Å²) in [6.45, 7) is 0. The SMILES string of the molecule is O=C(O)C=Cc1ccc2c(c1)[C@@H](C(=O)O)[C@H](c1ccc(O)cc1)O2. The molecule has 0 aliphatic carbocycles. The summed E-state index contributed by atoms with van der Waals surface area (Å²) in [6, 6.07) is 11.1. The normalized spacial score (nSPS) is 19.0. The van der Waals surface area contributed by atoms with E-state index in [4.69, 9.17) is 9.84 Å². The second-order valence-electron chi connectivity index (χ2n) is 5.41. The third-order valence-corrected chi connectivity index (χ3v) is 3.83. The molecule has 0 spiro atoms. The molecule has 6 heteroatoms. The molecule has 2 aromatic rings. The van der Waals surface area contributed by atoms with Crippen molar-refractivity contribution in [1.29, 1.82) is 0 Å². The summed E-state index contributed by atoms with van der Waals surface area (Å²) in [6.07, 6.45) is 1.68. The van der Waals surface area contributed by atoms with Crippen LogP contribution in [-0.2, 0) is 9.59 Å². The second kappa shape index (κ2) is 6.08. The van der Waals surface area contributed by atoms with Crippen molar-refractivity contribution in [2.24, 2.45) is 0 Å². The van der Waals surface area contributed by atoms with Gasteiger partial charge in [0.2, 0.25) is 0 Å². The number of ether oxygens (including phenoxy) is 1. The highest BCUT2D eigenvalue weighted by atomic mass is 16.5. The lowest BCUT2D eigenvalue weighted by atomic mass is 9.90. The van der Waals surface area contributed by atoms with E-state index in [9.17, 15) is 19.8 Å². The number of phenols is 1. The lowest BCUT2D eigenvalue weighted by molar-refractivity contribution is -0.140. The van der Waals surface area contributed by atoms with E-state index in [0.717, 1.165) is 6.08 Å². The van der Waals surface area contributed by atoms with Gasteiger partial charge in [-0.15, -0.1) is 0 Å². The lowest BCUT2D eigenvalue weighted by Gasteiger charge is -2.16. The molecule has 0 saturated carbocycles. The van der Waals surface area contributed by atoms with Crippen molar-refractivity contribution in [3.63, 3.8) is 0 Å². The van der Waals surface area contributed by atoms with Crippen molar-refractivity contribution in [2.45, 2.75) is 12.0 Å². The van der Waals surface area contributed by atoms with E-state index in [2.05, 4.69) is 0 Å². The van der Waals surface area contributed by atoms with Crippen molar-refractivity contribution in [1.82, 2.24) is 0 Å². The fourth-order valence-electron chi connectivity index (χ4n) is 2.74. The van der Waals surface area contributed by atoms with Gasteiger partial charge in [-0.05, 0) is 41.5 Å². The number of aliphatic carboxylic acids is 2. The summed E-state index contributed by atoms with van der Waals surface area (Å²) in [7, 11) is 0. The fourth-order valence-corrected chi connectivity index (χ4v) is 2.74. The monoisotopic (exact) mass is 326 g/mol. The van der Waals surface area contributed by atoms with Crippen LogP contribution in [0, 0.1) is 0 Å². The standard InChI is InChI=1S/C18H14O6/c19-12-5-3-11(4-6-12)17-16(18(22)23)13-9-10(2-8-15(20)21)1-7-14(13)24-17/h1-9,16-17,19H,(H,20,21)(H,22,23)/t16-,17+/m1/s1. The number of fused-ring (bicyclic) bond motifs is 1. The van der Waals surface area contributed by atoms with E-state index in [-0.39, 0.29) is 5.75 Å². The molecule has 6 nitrogen and oxygen atoms in total. The van der Waals surface area contributed by atoms with Gasteiger partial charge in [0.1, 0.15) is 23.5 Å². The number of hydrogen-bond donors (Lipinski definition) is 3. The first-order chi connectivity index (χ1) is 11.5. The molecule has 0 unspecified atom stereocenters. The van der Waals surface area contributed by atoms with Crippen LogP contribution in [-0.4, -0.2) is 27.3 Å². The highest BCUT2D eigenvalue weighted by Gasteiger charge is 2.40. The van der Waals surface area contributed by atoms with Crippen molar-refractivity contribution >= 4 is 18.0 Å². The topological polar surface area (TPSA) is 104 Å². The van der Waals surface area contributed by atoms with Crippen LogP contribution in [0.1, 0.15) is 28.7 Å². The number of aromatic hydroxyl groups is 1. The zero-order valence-corrected chi connectivity index (χ0v) is 12.4. The Labute approximate surface area is 137 Å². The zero-order chi connectivity index (χ0) is 17.3. The molecular weight excluding hydrogens is 312 g/mol. The summed E-state index contributed by atoms with van der Waals surface area (Å²) in [5.74, 6) is -2.49. The van der Waals surface area contributed by atoms with Crippen molar-refractivity contribution in [2.75, 3.05) is 0 Å². The highest BCUT2D eigenvalue weighted by Crippen LogP contribution is 2.46. The molecular formula is C18H14O6. The minimum absolute atomic E-state index is 0.0854. The molecule has 24 heavy (non-hydrogen) atoms. The number of carboxylic acid groups (broad SMARTS) is 2. The van der Waals surface area contributed by atoms with Crippen LogP contribution in [0.3, 0.4) is 0 Å². The molecule has 1 aliphatic rings. The fraction of sp³-hybridized carbons (Fsp3) is 0.111. The number of phenolic OH excluding ortho intramolecular Hbond substituents is 1. The average Bonchev–Trinajstić information content (AvgIpc) is 2.92. The van der Waals surface area contributed by atoms with Gasteiger partial charge in [-0.1, -0.05) is 18.2 Å². The Morgan fingerprint density at radius 2 is 1.75 bits per heavy atom. The molecule has 0 fully saturated rings. The van der Waals surface area contributed by atoms with Gasteiger partial charge in [0.05, 0.1) is 0 Å². The summed E-state index contributed by atoms with van der Waals surface area (Å²) >= 11 is 0. The van der Waals surface area contributed by atoms with Gasteiger partial charge in [-0.25, -0.2) is 4.79 Å². The van der Waals surface area contributed by atoms with Crippen LogP contribution in [0.4, 0.5) is 0 Å². The Balaban J connectivity index is 1.99. The molecule has 1 aliphatic heterocycles. The third-order valence-electron chi connectivity index (χ3n) is 3.83. The molecule has 0 bridgehead atoms. The van der Waals surface area contributed by atoms with Gasteiger partial charge in [-0.3, -0.25) is 4.79 Å². The number of carbonyl (C=O) groups is 2. The Kier molecular flexibility index (Phi) is 3.95. The van der Waals surface area contributed by atoms with E-state index in [1.807, 2.05) is 0 Å². The molecule has 0 amide bonds. The number of benzene rings is 2. The van der Waals surface area contributed by atoms with E-state index in [1.54, 1.807) is 30.3 Å². The average molecular weight is 326 g/mol. The summed E-state index contributed by atoms with van der Waals surface area (Å²) < 4.78 is 5.78. The van der Waals surface area contributed by atoms with Crippen LogP contribution in [0.15, 0.2) is 48.5 Å². The number of hydrogen-bond acceptors (Lipinski definition) is 4. The van der Waals surface area contributed by atoms with Crippen molar-refractivity contribution < 1.29 is 29.6 Å². The molecule has 2 atom stereocenters. The van der Waals surface area contributed by atoms with Gasteiger partial charge in [0, 0.05) is 11.6 Å². The quantitative estimate of drug-likeness (QED) is 0.746. The van der Waals surface area contributed by atoms with Crippen LogP contribution in [0.2, 0.25) is 0 Å². The van der Waals surface area contributed by atoms with Gasteiger partial charge in [-0.2, -0.15) is 0 Å². The zero-order valence-electron chi connectivity index (χ0n) is 12.4. The Hall–Kier alpha value is -3.28. The van der Waals surface area contributed by atoms with Gasteiger partial charge < -0.3 is 20.1 Å². The van der Waals surface area contributed by atoms with Crippen LogP contribution in [0.5, 0.6) is 11.5 Å². The molecule has 3 N–H and O–H groups in total. The van der Waals surface area contributed by atoms with E-state index in [1.165, 1.54) is 18.2 Å². The van der Waals surface area contributed by atoms with Crippen molar-refractivity contribution in [3.8, 4) is 11.5 Å². The largest absolute Gasteiger partial charge is 0.508 e. The van der Waals surface area contributed by atoms with Gasteiger partial charge in [0.15, 0.2) is 0 Å². The van der Waals surface area contributed by atoms with Gasteiger partial charge in [0.25, 0.3) is 0 Å². The van der Waals surface area contributed by atoms with Crippen LogP contribution >= 0.6 is 0 Å². The third kappa shape index (κ3) is 2.94.